The van der Waals surface area contributed by atoms with Gasteiger partial charge < -0.3 is 9.64 Å². The molecule has 0 atom stereocenters. The molecule has 2 aromatic rings. The van der Waals surface area contributed by atoms with E-state index in [1.807, 2.05) is 6.07 Å². The van der Waals surface area contributed by atoms with Gasteiger partial charge in [0, 0.05) is 36.6 Å². The lowest BCUT2D eigenvalue weighted by Gasteiger charge is -2.34. The molecule has 22 heavy (non-hydrogen) atoms. The molecule has 2 aromatic carbocycles. The van der Waals surface area contributed by atoms with Gasteiger partial charge in [-0.05, 0) is 24.3 Å². The Morgan fingerprint density at radius 2 is 1.50 bits per heavy atom. The highest BCUT2D eigenvalue weighted by atomic mass is 35.5. The first-order valence-corrected chi connectivity index (χ1v) is 8.38. The van der Waals surface area contributed by atoms with Gasteiger partial charge in [0.05, 0.1) is 10.0 Å². The minimum atomic E-state index is 0.121. The Labute approximate surface area is 145 Å². The van der Waals surface area contributed by atoms with E-state index in [0.29, 0.717) is 20.8 Å². The van der Waals surface area contributed by atoms with Crippen LogP contribution in [0.15, 0.2) is 42.5 Å². The van der Waals surface area contributed by atoms with Gasteiger partial charge >= 0.3 is 0 Å². The highest BCUT2D eigenvalue weighted by molar-refractivity contribution is 6.40. The van der Waals surface area contributed by atoms with Crippen molar-refractivity contribution in [3.8, 4) is 5.75 Å². The van der Waals surface area contributed by atoms with Gasteiger partial charge in [-0.3, -0.25) is 0 Å². The lowest BCUT2D eigenvalue weighted by atomic mass is 10.1. The summed E-state index contributed by atoms with van der Waals surface area (Å²) in [6, 6.07) is 13.7. The zero-order valence-electron chi connectivity index (χ0n) is 11.9. The predicted octanol–water partition coefficient (Wildman–Crippen LogP) is 5.69. The number of hydrogen-bond donors (Lipinski definition) is 0. The van der Waals surface area contributed by atoms with Crippen LogP contribution in [0, 0.1) is 0 Å². The van der Waals surface area contributed by atoms with Crippen LogP contribution in [-0.4, -0.2) is 19.2 Å². The summed E-state index contributed by atoms with van der Waals surface area (Å²) >= 11 is 18.3. The molecule has 1 saturated heterocycles. The van der Waals surface area contributed by atoms with Crippen molar-refractivity contribution in [1.82, 2.24) is 0 Å². The molecule has 0 radical (unpaired) electrons. The van der Waals surface area contributed by atoms with E-state index in [1.54, 1.807) is 12.1 Å². The van der Waals surface area contributed by atoms with Crippen LogP contribution in [0.4, 0.5) is 5.69 Å². The van der Waals surface area contributed by atoms with E-state index >= 15 is 0 Å². The van der Waals surface area contributed by atoms with Gasteiger partial charge in [0.15, 0.2) is 5.75 Å². The zero-order valence-corrected chi connectivity index (χ0v) is 14.2. The molecule has 116 valence electrons. The van der Waals surface area contributed by atoms with Crippen LogP contribution in [0.2, 0.25) is 15.1 Å². The van der Waals surface area contributed by atoms with Crippen molar-refractivity contribution >= 4 is 40.5 Å². The molecule has 1 aliphatic heterocycles. The number of rotatable bonds is 3. The fraction of sp³-hybridized carbons (Fsp3) is 0.294. The van der Waals surface area contributed by atoms with Gasteiger partial charge in [-0.2, -0.15) is 0 Å². The highest BCUT2D eigenvalue weighted by Gasteiger charge is 2.22. The average Bonchev–Trinajstić information content (AvgIpc) is 2.52. The normalized spacial score (nSPS) is 15.9. The number of hydrogen-bond acceptors (Lipinski definition) is 2. The Morgan fingerprint density at radius 1 is 0.909 bits per heavy atom. The molecule has 0 aliphatic carbocycles. The quantitative estimate of drug-likeness (QED) is 0.700. The van der Waals surface area contributed by atoms with Gasteiger partial charge in [0.2, 0.25) is 0 Å². The lowest BCUT2D eigenvalue weighted by molar-refractivity contribution is 0.171. The van der Waals surface area contributed by atoms with Crippen LogP contribution in [0.1, 0.15) is 12.8 Å². The number of para-hydroxylation sites is 1. The summed E-state index contributed by atoms with van der Waals surface area (Å²) in [5, 5.41) is 1.44. The molecule has 0 unspecified atom stereocenters. The molecule has 2 nitrogen and oxygen atoms in total. The third-order valence-corrected chi connectivity index (χ3v) is 4.59. The molecule has 1 aliphatic rings. The largest absolute Gasteiger partial charge is 0.487 e. The number of ether oxygens (including phenoxy) is 1. The van der Waals surface area contributed by atoms with Crippen molar-refractivity contribution < 1.29 is 4.74 Å². The second-order valence-corrected chi connectivity index (χ2v) is 6.59. The maximum Gasteiger partial charge on any atom is 0.156 e. The minimum Gasteiger partial charge on any atom is -0.487 e. The molecule has 1 heterocycles. The van der Waals surface area contributed by atoms with E-state index < -0.39 is 0 Å². The van der Waals surface area contributed by atoms with E-state index in [0.717, 1.165) is 25.9 Å². The van der Waals surface area contributed by atoms with Crippen LogP contribution in [-0.2, 0) is 0 Å². The molecular weight excluding hydrogens is 341 g/mol. The minimum absolute atomic E-state index is 0.121. The monoisotopic (exact) mass is 355 g/mol. The van der Waals surface area contributed by atoms with E-state index in [2.05, 4.69) is 29.2 Å². The van der Waals surface area contributed by atoms with Crippen molar-refractivity contribution in [2.45, 2.75) is 18.9 Å². The van der Waals surface area contributed by atoms with E-state index in [4.69, 9.17) is 39.5 Å². The van der Waals surface area contributed by atoms with E-state index in [-0.39, 0.29) is 6.10 Å². The first-order valence-electron chi connectivity index (χ1n) is 7.24. The third-order valence-electron chi connectivity index (χ3n) is 3.81. The lowest BCUT2D eigenvalue weighted by Crippen LogP contribution is -2.38. The summed E-state index contributed by atoms with van der Waals surface area (Å²) in [5.74, 6) is 0.533. The topological polar surface area (TPSA) is 12.5 Å². The average molecular weight is 357 g/mol. The Bertz CT molecular complexity index is 617. The molecule has 0 amide bonds. The molecule has 0 bridgehead atoms. The third kappa shape index (κ3) is 3.62. The Hall–Kier alpha value is -1.09. The van der Waals surface area contributed by atoms with Crippen LogP contribution in [0.5, 0.6) is 5.75 Å². The Morgan fingerprint density at radius 3 is 2.09 bits per heavy atom. The molecular formula is C17H16Cl3NO. The number of piperidine rings is 1. The van der Waals surface area contributed by atoms with Crippen LogP contribution in [0.3, 0.4) is 0 Å². The predicted molar refractivity (Wildman–Crippen MR) is 93.8 cm³/mol. The van der Waals surface area contributed by atoms with Crippen molar-refractivity contribution in [1.29, 1.82) is 0 Å². The maximum absolute atomic E-state index is 6.17. The summed E-state index contributed by atoms with van der Waals surface area (Å²) in [5.41, 5.74) is 1.25. The Balaban J connectivity index is 1.63. The van der Waals surface area contributed by atoms with Crippen molar-refractivity contribution in [2.24, 2.45) is 0 Å². The van der Waals surface area contributed by atoms with E-state index in [1.165, 1.54) is 5.69 Å². The maximum atomic E-state index is 6.17. The van der Waals surface area contributed by atoms with Gasteiger partial charge in [-0.15, -0.1) is 0 Å². The molecule has 5 heteroatoms. The van der Waals surface area contributed by atoms with Gasteiger partial charge in [0.1, 0.15) is 6.10 Å². The second kappa shape index (κ2) is 6.99. The summed E-state index contributed by atoms with van der Waals surface area (Å²) in [6.45, 7) is 1.91. The second-order valence-electron chi connectivity index (χ2n) is 5.34. The molecule has 3 rings (SSSR count). The molecule has 0 saturated carbocycles. The van der Waals surface area contributed by atoms with Gasteiger partial charge in [-0.25, -0.2) is 0 Å². The Kier molecular flexibility index (Phi) is 5.02. The summed E-state index contributed by atoms with van der Waals surface area (Å²) in [4.78, 5) is 2.37. The van der Waals surface area contributed by atoms with Crippen LogP contribution >= 0.6 is 34.8 Å². The number of benzene rings is 2. The summed E-state index contributed by atoms with van der Waals surface area (Å²) in [7, 11) is 0. The van der Waals surface area contributed by atoms with Crippen LogP contribution in [0.25, 0.3) is 0 Å². The highest BCUT2D eigenvalue weighted by Crippen LogP contribution is 2.37. The molecule has 0 N–H and O–H groups in total. The smallest absolute Gasteiger partial charge is 0.156 e. The fourth-order valence-corrected chi connectivity index (χ4v) is 3.58. The van der Waals surface area contributed by atoms with Gasteiger partial charge in [-0.1, -0.05) is 53.0 Å². The number of nitrogens with zero attached hydrogens (tertiary/aromatic N) is 1. The standard InChI is InChI=1S/C17H16Cl3NO/c18-12-10-15(19)17(16(20)11-12)22-14-6-8-21(9-7-14)13-4-2-1-3-5-13/h1-5,10-11,14H,6-9H2. The van der Waals surface area contributed by atoms with Crippen molar-refractivity contribution in [3.05, 3.63) is 57.5 Å². The fourth-order valence-electron chi connectivity index (χ4n) is 2.68. The van der Waals surface area contributed by atoms with E-state index in [9.17, 15) is 0 Å². The molecule has 0 aromatic heterocycles. The summed E-state index contributed by atoms with van der Waals surface area (Å²) in [6.07, 6.45) is 1.99. The molecule has 0 spiro atoms. The van der Waals surface area contributed by atoms with Crippen LogP contribution < -0.4 is 9.64 Å². The van der Waals surface area contributed by atoms with Crippen molar-refractivity contribution in [3.63, 3.8) is 0 Å². The summed E-state index contributed by atoms with van der Waals surface area (Å²) < 4.78 is 6.01. The van der Waals surface area contributed by atoms with Gasteiger partial charge in [0.25, 0.3) is 0 Å². The number of halogens is 3. The zero-order chi connectivity index (χ0) is 15.5. The number of anilines is 1. The molecule has 1 fully saturated rings. The first kappa shape index (κ1) is 15.8. The SMILES string of the molecule is Clc1cc(Cl)c(OC2CCN(c3ccccc3)CC2)c(Cl)c1. The first-order chi connectivity index (χ1) is 10.6. The van der Waals surface area contributed by atoms with Crippen molar-refractivity contribution in [2.75, 3.05) is 18.0 Å².